The van der Waals surface area contributed by atoms with Gasteiger partial charge in [0.15, 0.2) is 0 Å². The maximum Gasteiger partial charge on any atom is 0.255 e. The number of benzene rings is 3. The van der Waals surface area contributed by atoms with Crippen LogP contribution in [0.2, 0.25) is 10.0 Å². The Bertz CT molecular complexity index is 2350. The zero-order chi connectivity index (χ0) is 42.2. The zero-order valence-electron chi connectivity index (χ0n) is 33.3. The molecule has 0 bridgehead atoms. The number of imide groups is 1. The first-order chi connectivity index (χ1) is 28.9. The van der Waals surface area contributed by atoms with Gasteiger partial charge < -0.3 is 10.2 Å². The summed E-state index contributed by atoms with van der Waals surface area (Å²) in [6, 6.07) is 13.9. The summed E-state index contributed by atoms with van der Waals surface area (Å²) in [5, 5.41) is 9.45. The molecule has 3 aromatic carbocycles. The van der Waals surface area contributed by atoms with E-state index in [4.69, 9.17) is 23.2 Å². The van der Waals surface area contributed by atoms with Crippen LogP contribution in [-0.2, 0) is 35.9 Å². The van der Waals surface area contributed by atoms with Crippen molar-refractivity contribution in [2.75, 3.05) is 5.32 Å². The summed E-state index contributed by atoms with van der Waals surface area (Å²) >= 11 is 12.7. The van der Waals surface area contributed by atoms with Crippen molar-refractivity contribution in [2.45, 2.75) is 132 Å². The summed E-state index contributed by atoms with van der Waals surface area (Å²) < 4.78 is 16.1. The molecule has 4 amide bonds. The number of anilines is 1. The number of hydrogen-bond acceptors (Lipinski definition) is 7. The van der Waals surface area contributed by atoms with Gasteiger partial charge in [-0.3, -0.25) is 39.4 Å². The van der Waals surface area contributed by atoms with E-state index in [0.29, 0.717) is 79.6 Å². The Morgan fingerprint density at radius 1 is 0.883 bits per heavy atom. The van der Waals surface area contributed by atoms with E-state index in [2.05, 4.69) is 27.8 Å². The van der Waals surface area contributed by atoms with E-state index in [-0.39, 0.29) is 59.3 Å². The largest absolute Gasteiger partial charge is 0.325 e. The quantitative estimate of drug-likeness (QED) is 0.0958. The van der Waals surface area contributed by atoms with Crippen LogP contribution < -0.4 is 16.0 Å². The number of Topliss-reactive ketones (excluding diaryl/α,β-unsaturated/α-hetero) is 2. The molecule has 3 N–H and O–H groups in total. The molecular weight excluding hydrogens is 806 g/mol. The fourth-order valence-electron chi connectivity index (χ4n) is 10.6. The molecule has 13 heteroatoms. The minimum atomic E-state index is -1.28. The second-order valence-electron chi connectivity index (χ2n) is 16.8. The number of carbonyl (C=O) groups excluding carboxylic acids is 6. The maximum atomic E-state index is 16.1. The summed E-state index contributed by atoms with van der Waals surface area (Å²) in [5.41, 5.74) is 1.45. The number of carbonyl (C=O) groups is 6. The number of nitrogens with zero attached hydrogens (tertiary/aromatic N) is 1. The van der Waals surface area contributed by atoms with Gasteiger partial charge in [0, 0.05) is 71.9 Å². The van der Waals surface area contributed by atoms with E-state index < -0.39 is 40.7 Å². The molecule has 4 atom stereocenters. The first-order valence-corrected chi connectivity index (χ1v) is 21.8. The first-order valence-electron chi connectivity index (χ1n) is 21.1. The molecule has 1 unspecified atom stereocenters. The van der Waals surface area contributed by atoms with Crippen LogP contribution in [0.25, 0.3) is 0 Å². The number of piperidine rings is 1. The number of ketones is 2. The normalized spacial score (nSPS) is 23.9. The van der Waals surface area contributed by atoms with E-state index in [1.807, 2.05) is 12.1 Å². The number of hydrogen-bond donors (Lipinski definition) is 3. The van der Waals surface area contributed by atoms with Crippen LogP contribution in [0.1, 0.15) is 135 Å². The fourth-order valence-corrected chi connectivity index (χ4v) is 10.9. The van der Waals surface area contributed by atoms with Gasteiger partial charge in [-0.1, -0.05) is 78.6 Å². The van der Waals surface area contributed by atoms with Gasteiger partial charge in [-0.15, -0.1) is 0 Å². The Morgan fingerprint density at radius 3 is 2.42 bits per heavy atom. The molecule has 0 radical (unpaired) electrons. The topological polar surface area (TPSA) is 142 Å². The molecule has 1 saturated carbocycles. The summed E-state index contributed by atoms with van der Waals surface area (Å²) in [6.07, 6.45) is 8.34. The lowest BCUT2D eigenvalue weighted by Crippen LogP contribution is -2.60. The number of halogens is 3. The van der Waals surface area contributed by atoms with Crippen molar-refractivity contribution in [1.82, 2.24) is 15.5 Å². The Balaban J connectivity index is 0.867. The summed E-state index contributed by atoms with van der Waals surface area (Å²) in [4.78, 5) is 80.5. The van der Waals surface area contributed by atoms with E-state index in [1.54, 1.807) is 36.4 Å². The lowest BCUT2D eigenvalue weighted by molar-refractivity contribution is -0.137. The van der Waals surface area contributed by atoms with Gasteiger partial charge in [-0.05, 0) is 92.0 Å². The van der Waals surface area contributed by atoms with E-state index in [0.717, 1.165) is 36.8 Å². The standard InChI is InChI=1S/C47H47Cl2FN4O6/c48-29-20-21-34-36(26-29)51-45(60)47(34)40(32-17-11-18-35(49)41(32)50)42(53-46(47)24-8-3-9-25-46)38(56)19-7-6-15-30(55)14-5-2-1-4-12-28-13-10-16-31-33(28)27-54(44(31)59)37-22-23-39(57)52-43(37)58/h10-11,13,16-18,20-21,26,37,40,42,53H,1-3,5-9,14-15,19,22-25,27H2,(H,51,60)(H,52,57,58)/t37?,40-,42-,47+/m0/s1. The molecule has 5 aliphatic rings. The lowest BCUT2D eigenvalue weighted by Gasteiger charge is -2.47. The average molecular weight is 854 g/mol. The molecule has 60 heavy (non-hydrogen) atoms. The van der Waals surface area contributed by atoms with Crippen molar-refractivity contribution >= 4 is 64.1 Å². The smallest absolute Gasteiger partial charge is 0.255 e. The van der Waals surface area contributed by atoms with Gasteiger partial charge >= 0.3 is 0 Å². The predicted molar refractivity (Wildman–Crippen MR) is 225 cm³/mol. The molecule has 3 aromatic rings. The van der Waals surface area contributed by atoms with Gasteiger partial charge in [0.2, 0.25) is 17.7 Å². The second-order valence-corrected chi connectivity index (χ2v) is 17.6. The number of unbranched alkanes of at least 4 members (excludes halogenated alkanes) is 3. The third-order valence-electron chi connectivity index (χ3n) is 13.3. The highest BCUT2D eigenvalue weighted by Crippen LogP contribution is 2.63. The highest BCUT2D eigenvalue weighted by atomic mass is 35.5. The third kappa shape index (κ3) is 7.45. The predicted octanol–water partition coefficient (Wildman–Crippen LogP) is 7.85. The molecule has 312 valence electrons. The van der Waals surface area contributed by atoms with Crippen molar-refractivity contribution in [3.05, 3.63) is 98.3 Å². The van der Waals surface area contributed by atoms with Crippen LogP contribution in [0, 0.1) is 17.7 Å². The SMILES string of the molecule is O=C(CCCCC#Cc1cccc2c1CN(C1CCC(=O)NC1=O)C2=O)CCCCC(=O)[C@@H]1NC2(CCCCC2)[C@@]2(C(=O)Nc3cc(Cl)ccc32)[C@H]1c1cccc(Cl)c1F. The van der Waals surface area contributed by atoms with Gasteiger partial charge in [-0.25, -0.2) is 4.39 Å². The van der Waals surface area contributed by atoms with Crippen LogP contribution in [0.5, 0.6) is 0 Å². The average Bonchev–Trinajstić information content (AvgIpc) is 3.82. The molecule has 4 heterocycles. The Kier molecular flexibility index (Phi) is 12.0. The van der Waals surface area contributed by atoms with Gasteiger partial charge in [0.05, 0.1) is 11.1 Å². The zero-order valence-corrected chi connectivity index (χ0v) is 34.8. The van der Waals surface area contributed by atoms with Crippen LogP contribution in [0.4, 0.5) is 10.1 Å². The summed E-state index contributed by atoms with van der Waals surface area (Å²) in [5.74, 6) is 3.53. The van der Waals surface area contributed by atoms with E-state index >= 15 is 4.39 Å². The highest BCUT2D eigenvalue weighted by molar-refractivity contribution is 6.31. The number of amides is 4. The van der Waals surface area contributed by atoms with Crippen molar-refractivity contribution < 1.29 is 33.2 Å². The van der Waals surface area contributed by atoms with Gasteiger partial charge in [-0.2, -0.15) is 0 Å². The monoisotopic (exact) mass is 852 g/mol. The third-order valence-corrected chi connectivity index (χ3v) is 13.8. The van der Waals surface area contributed by atoms with Gasteiger partial charge in [0.25, 0.3) is 5.91 Å². The Labute approximate surface area is 358 Å². The maximum absolute atomic E-state index is 16.1. The molecule has 2 saturated heterocycles. The minimum absolute atomic E-state index is 0.0733. The highest BCUT2D eigenvalue weighted by Gasteiger charge is 2.72. The molecule has 10 nitrogen and oxygen atoms in total. The Morgan fingerprint density at radius 2 is 1.63 bits per heavy atom. The molecule has 0 aromatic heterocycles. The molecule has 4 aliphatic heterocycles. The van der Waals surface area contributed by atoms with Crippen molar-refractivity contribution in [2.24, 2.45) is 0 Å². The Hall–Kier alpha value is -4.89. The molecule has 1 aliphatic carbocycles. The van der Waals surface area contributed by atoms with Crippen LogP contribution in [0.15, 0.2) is 54.6 Å². The molecule has 3 fully saturated rings. The molecule has 8 rings (SSSR count). The number of fused-ring (bicyclic) bond motifs is 4. The molecular formula is C47H47Cl2FN4O6. The van der Waals surface area contributed by atoms with Crippen molar-refractivity contribution in [3.63, 3.8) is 0 Å². The van der Waals surface area contributed by atoms with Gasteiger partial charge in [0.1, 0.15) is 28.8 Å². The first kappa shape index (κ1) is 41.8. The number of rotatable bonds is 12. The summed E-state index contributed by atoms with van der Waals surface area (Å²) in [6.45, 7) is 0.256. The van der Waals surface area contributed by atoms with Crippen molar-refractivity contribution in [3.8, 4) is 11.8 Å². The lowest BCUT2D eigenvalue weighted by atomic mass is 9.55. The molecule has 2 spiro atoms. The minimum Gasteiger partial charge on any atom is -0.325 e. The van der Waals surface area contributed by atoms with E-state index in [1.165, 1.54) is 11.0 Å². The number of nitrogens with one attached hydrogen (secondary N) is 3. The van der Waals surface area contributed by atoms with Crippen molar-refractivity contribution in [1.29, 1.82) is 0 Å². The van der Waals surface area contributed by atoms with E-state index in [9.17, 15) is 28.8 Å². The summed E-state index contributed by atoms with van der Waals surface area (Å²) in [7, 11) is 0. The van der Waals surface area contributed by atoms with Crippen LogP contribution in [0.3, 0.4) is 0 Å². The second kappa shape index (κ2) is 17.2. The fraction of sp³-hybridized carbons (Fsp3) is 0.447. The van der Waals surface area contributed by atoms with Crippen LogP contribution >= 0.6 is 23.2 Å². The van der Waals surface area contributed by atoms with Crippen LogP contribution in [-0.4, -0.2) is 57.7 Å².